The molecule has 0 saturated carbocycles. The Hall–Kier alpha value is -1.88. The Morgan fingerprint density at radius 2 is 1.08 bits per heavy atom. The van der Waals surface area contributed by atoms with Crippen LogP contribution >= 0.6 is 0 Å². The standard InChI is InChI=1S/C12H4F12/c13-9(14,15)6-3-1-2-5(4-6)7(10(16,17)18)8(11(19,20)21)12(22,23)24/h1-4H. The van der Waals surface area contributed by atoms with E-state index >= 15 is 0 Å². The van der Waals surface area contributed by atoms with Crippen molar-refractivity contribution in [2.45, 2.75) is 24.7 Å². The van der Waals surface area contributed by atoms with Crippen LogP contribution < -0.4 is 0 Å². The summed E-state index contributed by atoms with van der Waals surface area (Å²) in [4.78, 5) is 0. The van der Waals surface area contributed by atoms with E-state index in [0.717, 1.165) is 0 Å². The Bertz CT molecular complexity index is 607. The summed E-state index contributed by atoms with van der Waals surface area (Å²) < 4.78 is 151. The van der Waals surface area contributed by atoms with Gasteiger partial charge in [-0.1, -0.05) is 12.1 Å². The van der Waals surface area contributed by atoms with Crippen LogP contribution in [0.25, 0.3) is 5.57 Å². The van der Waals surface area contributed by atoms with Gasteiger partial charge in [-0.3, -0.25) is 0 Å². The Morgan fingerprint density at radius 3 is 1.42 bits per heavy atom. The lowest BCUT2D eigenvalue weighted by Crippen LogP contribution is -2.31. The predicted molar refractivity (Wildman–Crippen MR) is 56.5 cm³/mol. The van der Waals surface area contributed by atoms with Crippen molar-refractivity contribution in [3.63, 3.8) is 0 Å². The van der Waals surface area contributed by atoms with E-state index in [1.165, 1.54) is 0 Å². The van der Waals surface area contributed by atoms with E-state index in [1.54, 1.807) is 0 Å². The van der Waals surface area contributed by atoms with Crippen LogP contribution in [0.1, 0.15) is 11.1 Å². The summed E-state index contributed by atoms with van der Waals surface area (Å²) in [5.41, 5.74) is -10.9. The molecule has 24 heavy (non-hydrogen) atoms. The minimum absolute atomic E-state index is 0.0789. The third-order valence-corrected chi connectivity index (χ3v) is 2.58. The van der Waals surface area contributed by atoms with Crippen molar-refractivity contribution in [2.75, 3.05) is 0 Å². The summed E-state index contributed by atoms with van der Waals surface area (Å²) in [7, 11) is 0. The largest absolute Gasteiger partial charge is 0.421 e. The summed E-state index contributed by atoms with van der Waals surface area (Å²) in [6.45, 7) is 0. The zero-order chi connectivity index (χ0) is 19.1. The molecular weight excluding hydrogens is 372 g/mol. The van der Waals surface area contributed by atoms with Gasteiger partial charge in [-0.2, -0.15) is 52.7 Å². The van der Waals surface area contributed by atoms with Crippen LogP contribution in [-0.4, -0.2) is 18.5 Å². The molecule has 0 N–H and O–H groups in total. The van der Waals surface area contributed by atoms with Gasteiger partial charge in [0, 0.05) is 0 Å². The van der Waals surface area contributed by atoms with Crippen molar-refractivity contribution in [3.8, 4) is 0 Å². The third-order valence-electron chi connectivity index (χ3n) is 2.58. The van der Waals surface area contributed by atoms with Crippen LogP contribution in [0.15, 0.2) is 29.8 Å². The van der Waals surface area contributed by atoms with Crippen molar-refractivity contribution in [3.05, 3.63) is 41.0 Å². The van der Waals surface area contributed by atoms with Gasteiger partial charge < -0.3 is 0 Å². The Morgan fingerprint density at radius 1 is 0.625 bits per heavy atom. The van der Waals surface area contributed by atoms with E-state index in [4.69, 9.17) is 0 Å². The summed E-state index contributed by atoms with van der Waals surface area (Å²) in [6.07, 6.45) is -24.4. The van der Waals surface area contributed by atoms with Gasteiger partial charge in [0.15, 0.2) is 0 Å². The number of benzene rings is 1. The molecule has 1 rings (SSSR count). The normalized spacial score (nSPS) is 13.8. The Kier molecular flexibility index (Phi) is 4.94. The van der Waals surface area contributed by atoms with E-state index in [-0.39, 0.29) is 18.2 Å². The maximum atomic E-state index is 12.8. The highest BCUT2D eigenvalue weighted by Crippen LogP contribution is 2.49. The third kappa shape index (κ3) is 4.57. The van der Waals surface area contributed by atoms with Crippen molar-refractivity contribution in [1.82, 2.24) is 0 Å². The van der Waals surface area contributed by atoms with E-state index < -0.39 is 53.0 Å². The first-order valence-electron chi connectivity index (χ1n) is 5.59. The van der Waals surface area contributed by atoms with Crippen molar-refractivity contribution in [1.29, 1.82) is 0 Å². The van der Waals surface area contributed by atoms with Gasteiger partial charge in [-0.05, 0) is 17.7 Å². The summed E-state index contributed by atoms with van der Waals surface area (Å²) >= 11 is 0. The zero-order valence-corrected chi connectivity index (χ0v) is 10.8. The fourth-order valence-corrected chi connectivity index (χ4v) is 1.74. The van der Waals surface area contributed by atoms with Crippen LogP contribution in [0.5, 0.6) is 0 Å². The molecule has 0 unspecified atom stereocenters. The molecule has 0 heterocycles. The molecule has 0 aliphatic carbocycles. The molecular formula is C12H4F12. The fourth-order valence-electron chi connectivity index (χ4n) is 1.74. The Balaban J connectivity index is 3.87. The molecule has 0 spiro atoms. The van der Waals surface area contributed by atoms with Crippen LogP contribution in [0.3, 0.4) is 0 Å². The van der Waals surface area contributed by atoms with Gasteiger partial charge in [-0.25, -0.2) is 0 Å². The maximum Gasteiger partial charge on any atom is 0.421 e. The van der Waals surface area contributed by atoms with E-state index in [1.807, 2.05) is 0 Å². The van der Waals surface area contributed by atoms with Crippen LogP contribution in [0.4, 0.5) is 52.7 Å². The SMILES string of the molecule is FC(F)(F)C(=C(C(F)(F)F)C(F)(F)F)c1cccc(C(F)(F)F)c1. The number of rotatable bonds is 1. The average Bonchev–Trinajstić information content (AvgIpc) is 2.30. The molecule has 1 aromatic carbocycles. The second-order valence-electron chi connectivity index (χ2n) is 4.32. The highest BCUT2D eigenvalue weighted by molar-refractivity contribution is 5.75. The number of allylic oxidation sites excluding steroid dienone is 2. The van der Waals surface area contributed by atoms with E-state index in [9.17, 15) is 52.7 Å². The highest BCUT2D eigenvalue weighted by atomic mass is 19.4. The second-order valence-corrected chi connectivity index (χ2v) is 4.32. The first-order chi connectivity index (χ1) is 10.5. The van der Waals surface area contributed by atoms with Gasteiger partial charge in [0.25, 0.3) is 0 Å². The molecule has 0 atom stereocenters. The van der Waals surface area contributed by atoms with Gasteiger partial charge in [-0.15, -0.1) is 0 Å². The minimum Gasteiger partial charge on any atom is -0.166 e. The van der Waals surface area contributed by atoms with Crippen LogP contribution in [0.2, 0.25) is 0 Å². The van der Waals surface area contributed by atoms with Gasteiger partial charge >= 0.3 is 24.7 Å². The highest BCUT2D eigenvalue weighted by Gasteiger charge is 2.57. The number of hydrogen-bond donors (Lipinski definition) is 0. The molecule has 0 radical (unpaired) electrons. The number of hydrogen-bond acceptors (Lipinski definition) is 0. The smallest absolute Gasteiger partial charge is 0.166 e. The monoisotopic (exact) mass is 376 g/mol. The van der Waals surface area contributed by atoms with Crippen molar-refractivity contribution >= 4 is 5.57 Å². The average molecular weight is 376 g/mol. The van der Waals surface area contributed by atoms with Gasteiger partial charge in [0.1, 0.15) is 5.57 Å². The maximum absolute atomic E-state index is 12.8. The molecule has 0 aliphatic heterocycles. The Labute approximate surface area is 125 Å². The zero-order valence-electron chi connectivity index (χ0n) is 10.8. The molecule has 0 saturated heterocycles. The molecule has 0 aromatic heterocycles. The molecule has 136 valence electrons. The predicted octanol–water partition coefficient (Wildman–Crippen LogP) is 6.15. The van der Waals surface area contributed by atoms with Crippen LogP contribution in [0, 0.1) is 0 Å². The first-order valence-corrected chi connectivity index (χ1v) is 5.59. The number of halogens is 12. The van der Waals surface area contributed by atoms with Crippen LogP contribution in [-0.2, 0) is 6.18 Å². The van der Waals surface area contributed by atoms with Crippen molar-refractivity contribution < 1.29 is 52.7 Å². The lowest BCUT2D eigenvalue weighted by Gasteiger charge is -2.22. The van der Waals surface area contributed by atoms with Gasteiger partial charge in [0.2, 0.25) is 0 Å². The quantitative estimate of drug-likeness (QED) is 0.516. The molecule has 0 aliphatic rings. The topological polar surface area (TPSA) is 0 Å². The van der Waals surface area contributed by atoms with E-state index in [0.29, 0.717) is 0 Å². The first kappa shape index (κ1) is 20.2. The minimum atomic E-state index is -6.49. The van der Waals surface area contributed by atoms with Gasteiger partial charge in [0.05, 0.1) is 11.1 Å². The van der Waals surface area contributed by atoms with E-state index in [2.05, 4.69) is 0 Å². The molecule has 1 aromatic rings. The van der Waals surface area contributed by atoms with Crippen molar-refractivity contribution in [2.24, 2.45) is 0 Å². The number of alkyl halides is 12. The fraction of sp³-hybridized carbons (Fsp3) is 0.333. The summed E-state index contributed by atoms with van der Waals surface area (Å²) in [5.74, 6) is 0. The molecule has 0 fully saturated rings. The molecule has 0 amide bonds. The molecule has 0 bridgehead atoms. The molecule has 0 nitrogen and oxygen atoms in total. The lowest BCUT2D eigenvalue weighted by molar-refractivity contribution is -0.175. The summed E-state index contributed by atoms with van der Waals surface area (Å²) in [6, 6.07) is 0.127. The second kappa shape index (κ2) is 5.88. The molecule has 12 heteroatoms. The summed E-state index contributed by atoms with van der Waals surface area (Å²) in [5, 5.41) is 0. The lowest BCUT2D eigenvalue weighted by atomic mass is 9.96.